The van der Waals surface area contributed by atoms with Crippen LogP contribution in [0.4, 0.5) is 0 Å². The van der Waals surface area contributed by atoms with E-state index in [0.29, 0.717) is 18.9 Å². The third-order valence-corrected chi connectivity index (χ3v) is 4.40. The zero-order chi connectivity index (χ0) is 17.5. The number of carbonyl (C=O) groups excluding carboxylic acids is 1. The molecular weight excluding hydrogens is 370 g/mol. The highest BCUT2D eigenvalue weighted by atomic mass is 79.9. The molecule has 4 nitrogen and oxygen atoms in total. The molecule has 0 atom stereocenters. The van der Waals surface area contributed by atoms with Crippen molar-refractivity contribution >= 4 is 21.8 Å². The van der Waals surface area contributed by atoms with E-state index in [9.17, 15) is 4.79 Å². The minimum atomic E-state index is -0.167. The molecule has 0 saturated carbocycles. The van der Waals surface area contributed by atoms with Gasteiger partial charge in [-0.1, -0.05) is 33.6 Å². The maximum absolute atomic E-state index is 11.8. The van der Waals surface area contributed by atoms with Crippen LogP contribution in [0, 0.1) is 20.8 Å². The normalized spacial score (nSPS) is 10.3. The van der Waals surface area contributed by atoms with Crippen molar-refractivity contribution < 1.29 is 14.3 Å². The van der Waals surface area contributed by atoms with E-state index in [-0.39, 0.29) is 12.5 Å². The first-order valence-corrected chi connectivity index (χ1v) is 8.60. The molecule has 0 bridgehead atoms. The van der Waals surface area contributed by atoms with Crippen molar-refractivity contribution in [1.29, 1.82) is 0 Å². The second-order valence-electron chi connectivity index (χ2n) is 5.67. The molecule has 5 heteroatoms. The lowest BCUT2D eigenvalue weighted by molar-refractivity contribution is -0.123. The zero-order valence-electron chi connectivity index (χ0n) is 14.2. The van der Waals surface area contributed by atoms with Crippen molar-refractivity contribution in [3.8, 4) is 11.5 Å². The average Bonchev–Trinajstić information content (AvgIpc) is 2.54. The molecule has 0 spiro atoms. The minimum Gasteiger partial charge on any atom is -0.491 e. The van der Waals surface area contributed by atoms with Crippen molar-refractivity contribution in [2.75, 3.05) is 19.8 Å². The van der Waals surface area contributed by atoms with Crippen LogP contribution < -0.4 is 14.8 Å². The Morgan fingerprint density at radius 1 is 1.04 bits per heavy atom. The Kier molecular flexibility index (Phi) is 6.67. The van der Waals surface area contributed by atoms with Gasteiger partial charge in [-0.05, 0) is 56.2 Å². The van der Waals surface area contributed by atoms with Crippen molar-refractivity contribution in [1.82, 2.24) is 5.32 Å². The Hall–Kier alpha value is -2.01. The van der Waals surface area contributed by atoms with E-state index >= 15 is 0 Å². The molecule has 24 heavy (non-hydrogen) atoms. The van der Waals surface area contributed by atoms with E-state index < -0.39 is 0 Å². The predicted octanol–water partition coefficient (Wildman–Crippen LogP) is 3.95. The van der Waals surface area contributed by atoms with Crippen LogP contribution in [0.3, 0.4) is 0 Å². The number of aryl methyl sites for hydroxylation is 3. The third kappa shape index (κ3) is 5.57. The van der Waals surface area contributed by atoms with Gasteiger partial charge in [-0.3, -0.25) is 4.79 Å². The number of amides is 1. The van der Waals surface area contributed by atoms with Crippen LogP contribution in [0.5, 0.6) is 11.5 Å². The summed E-state index contributed by atoms with van der Waals surface area (Å²) in [5, 5.41) is 2.78. The first-order chi connectivity index (χ1) is 11.5. The molecule has 1 N–H and O–H groups in total. The summed E-state index contributed by atoms with van der Waals surface area (Å²) in [6.45, 7) is 6.88. The molecule has 0 aliphatic carbocycles. The quantitative estimate of drug-likeness (QED) is 0.726. The Balaban J connectivity index is 1.68. The van der Waals surface area contributed by atoms with E-state index in [1.807, 2.05) is 51.1 Å². The molecule has 2 aromatic rings. The molecule has 0 radical (unpaired) electrons. The monoisotopic (exact) mass is 391 g/mol. The lowest BCUT2D eigenvalue weighted by atomic mass is 10.1. The van der Waals surface area contributed by atoms with Gasteiger partial charge in [-0.15, -0.1) is 0 Å². The maximum atomic E-state index is 11.8. The Morgan fingerprint density at radius 3 is 2.54 bits per heavy atom. The maximum Gasteiger partial charge on any atom is 0.258 e. The molecule has 0 fully saturated rings. The summed E-state index contributed by atoms with van der Waals surface area (Å²) in [7, 11) is 0. The first kappa shape index (κ1) is 18.3. The van der Waals surface area contributed by atoms with E-state index in [4.69, 9.17) is 9.47 Å². The standard InChI is InChI=1S/C19H22BrNO3/c1-13-4-7-18(15(3)10-13)23-9-8-21-19(22)12-24-16-5-6-17(20)14(2)11-16/h4-7,10-11H,8-9,12H2,1-3H3,(H,21,22). The molecule has 1 amide bonds. The largest absolute Gasteiger partial charge is 0.491 e. The lowest BCUT2D eigenvalue weighted by Crippen LogP contribution is -2.32. The Morgan fingerprint density at radius 2 is 1.83 bits per heavy atom. The van der Waals surface area contributed by atoms with Crippen LogP contribution in [0.1, 0.15) is 16.7 Å². The lowest BCUT2D eigenvalue weighted by Gasteiger charge is -2.11. The molecule has 2 aromatic carbocycles. The Labute approximate surface area is 151 Å². The number of rotatable bonds is 7. The summed E-state index contributed by atoms with van der Waals surface area (Å²) in [5.41, 5.74) is 3.36. The van der Waals surface area contributed by atoms with Crippen LogP contribution >= 0.6 is 15.9 Å². The smallest absolute Gasteiger partial charge is 0.258 e. The number of halogens is 1. The topological polar surface area (TPSA) is 47.6 Å². The molecule has 0 aromatic heterocycles. The van der Waals surface area contributed by atoms with Gasteiger partial charge < -0.3 is 14.8 Å². The third-order valence-electron chi connectivity index (χ3n) is 3.51. The van der Waals surface area contributed by atoms with Gasteiger partial charge in [0, 0.05) is 4.47 Å². The van der Waals surface area contributed by atoms with Gasteiger partial charge in [-0.2, -0.15) is 0 Å². The fourth-order valence-electron chi connectivity index (χ4n) is 2.22. The van der Waals surface area contributed by atoms with Crippen molar-refractivity contribution in [3.63, 3.8) is 0 Å². The van der Waals surface area contributed by atoms with Crippen LogP contribution in [0.2, 0.25) is 0 Å². The van der Waals surface area contributed by atoms with Crippen LogP contribution in [0.15, 0.2) is 40.9 Å². The molecule has 0 heterocycles. The van der Waals surface area contributed by atoms with Gasteiger partial charge in [0.1, 0.15) is 18.1 Å². The predicted molar refractivity (Wildman–Crippen MR) is 98.8 cm³/mol. The summed E-state index contributed by atoms with van der Waals surface area (Å²) in [6.07, 6.45) is 0. The highest BCUT2D eigenvalue weighted by Crippen LogP contribution is 2.21. The van der Waals surface area contributed by atoms with E-state index in [2.05, 4.69) is 27.3 Å². The minimum absolute atomic E-state index is 0.00929. The van der Waals surface area contributed by atoms with Crippen LogP contribution in [0.25, 0.3) is 0 Å². The number of ether oxygens (including phenoxy) is 2. The number of carbonyl (C=O) groups is 1. The van der Waals surface area contributed by atoms with E-state index in [0.717, 1.165) is 21.3 Å². The summed E-state index contributed by atoms with van der Waals surface area (Å²) >= 11 is 3.43. The average molecular weight is 392 g/mol. The van der Waals surface area contributed by atoms with Crippen molar-refractivity contribution in [2.45, 2.75) is 20.8 Å². The van der Waals surface area contributed by atoms with Gasteiger partial charge in [0.2, 0.25) is 0 Å². The Bertz CT molecular complexity index is 716. The number of hydrogen-bond donors (Lipinski definition) is 1. The molecule has 0 aliphatic heterocycles. The summed E-state index contributed by atoms with van der Waals surface area (Å²) in [5.74, 6) is 1.36. The molecule has 2 rings (SSSR count). The highest BCUT2D eigenvalue weighted by Gasteiger charge is 2.04. The van der Waals surface area contributed by atoms with E-state index in [1.54, 1.807) is 0 Å². The number of hydrogen-bond acceptors (Lipinski definition) is 3. The fourth-order valence-corrected chi connectivity index (χ4v) is 2.47. The molecule has 0 saturated heterocycles. The zero-order valence-corrected chi connectivity index (χ0v) is 15.8. The number of benzene rings is 2. The van der Waals surface area contributed by atoms with E-state index in [1.165, 1.54) is 5.56 Å². The second-order valence-corrected chi connectivity index (χ2v) is 6.52. The summed E-state index contributed by atoms with van der Waals surface area (Å²) in [4.78, 5) is 11.8. The van der Waals surface area contributed by atoms with Gasteiger partial charge in [-0.25, -0.2) is 0 Å². The molecule has 128 valence electrons. The molecular formula is C19H22BrNO3. The van der Waals surface area contributed by atoms with Gasteiger partial charge >= 0.3 is 0 Å². The first-order valence-electron chi connectivity index (χ1n) is 7.81. The fraction of sp³-hybridized carbons (Fsp3) is 0.316. The second kappa shape index (κ2) is 8.73. The highest BCUT2D eigenvalue weighted by molar-refractivity contribution is 9.10. The summed E-state index contributed by atoms with van der Waals surface area (Å²) in [6, 6.07) is 11.6. The molecule has 0 aliphatic rings. The van der Waals surface area contributed by atoms with Gasteiger partial charge in [0.05, 0.1) is 6.54 Å². The molecule has 0 unspecified atom stereocenters. The van der Waals surface area contributed by atoms with Crippen molar-refractivity contribution in [2.24, 2.45) is 0 Å². The van der Waals surface area contributed by atoms with Crippen molar-refractivity contribution in [3.05, 3.63) is 57.6 Å². The van der Waals surface area contributed by atoms with Gasteiger partial charge in [0.25, 0.3) is 5.91 Å². The number of nitrogens with one attached hydrogen (secondary N) is 1. The summed E-state index contributed by atoms with van der Waals surface area (Å²) < 4.78 is 12.2. The van der Waals surface area contributed by atoms with Gasteiger partial charge in [0.15, 0.2) is 6.61 Å². The SMILES string of the molecule is Cc1ccc(OCCNC(=O)COc2ccc(Br)c(C)c2)c(C)c1. The van der Waals surface area contributed by atoms with Crippen LogP contribution in [-0.2, 0) is 4.79 Å². The van der Waals surface area contributed by atoms with Crippen LogP contribution in [-0.4, -0.2) is 25.7 Å².